The first kappa shape index (κ1) is 21.0. The molecule has 0 aliphatic rings. The highest BCUT2D eigenvalue weighted by Crippen LogP contribution is 2.28. The predicted molar refractivity (Wildman–Crippen MR) is 115 cm³/mol. The normalized spacial score (nSPS) is 11.2. The van der Waals surface area contributed by atoms with Crippen LogP contribution in [0.4, 0.5) is 5.82 Å². The first-order valence-electron chi connectivity index (χ1n) is 9.56. The van der Waals surface area contributed by atoms with E-state index in [1.807, 2.05) is 36.4 Å². The molecule has 0 spiro atoms. The molecule has 8 nitrogen and oxygen atoms in total. The van der Waals surface area contributed by atoms with Crippen LogP contribution in [0.15, 0.2) is 53.9 Å². The van der Waals surface area contributed by atoms with E-state index in [-0.39, 0.29) is 12.4 Å². The second kappa shape index (κ2) is 10.2. The van der Waals surface area contributed by atoms with Gasteiger partial charge >= 0.3 is 5.97 Å². The van der Waals surface area contributed by atoms with E-state index < -0.39 is 0 Å². The lowest BCUT2D eigenvalue weighted by atomic mass is 10.0. The molecule has 1 aromatic heterocycles. The number of carbonyl (C=O) groups excluding carboxylic acids is 1. The van der Waals surface area contributed by atoms with Crippen LogP contribution in [0.1, 0.15) is 25.3 Å². The fourth-order valence-corrected chi connectivity index (χ4v) is 2.95. The van der Waals surface area contributed by atoms with Crippen LogP contribution in [-0.2, 0) is 9.53 Å². The number of nitrogens with one attached hydrogen (secondary N) is 1. The maximum atomic E-state index is 11.9. The summed E-state index contributed by atoms with van der Waals surface area (Å²) in [6.45, 7) is 2.12. The van der Waals surface area contributed by atoms with Crippen LogP contribution in [0.5, 0.6) is 11.5 Å². The molecule has 0 radical (unpaired) electrons. The van der Waals surface area contributed by atoms with E-state index in [4.69, 9.17) is 14.2 Å². The van der Waals surface area contributed by atoms with Crippen molar-refractivity contribution in [3.05, 3.63) is 54.4 Å². The number of hydrogen-bond donors (Lipinski definition) is 1. The van der Waals surface area contributed by atoms with E-state index in [0.717, 1.165) is 16.5 Å². The lowest BCUT2D eigenvalue weighted by Crippen LogP contribution is -2.11. The zero-order valence-electron chi connectivity index (χ0n) is 17.2. The maximum Gasteiger partial charge on any atom is 0.306 e. The Balaban J connectivity index is 1.93. The first-order valence-corrected chi connectivity index (χ1v) is 9.56. The van der Waals surface area contributed by atoms with Crippen LogP contribution in [0.2, 0.25) is 0 Å². The standard InChI is InChI=1S/C22H24N4O4/c1-4-30-21(27)12-10-17(15-9-11-19(28-2)20(13-15)29-3)25-26-22-16-7-5-6-8-18(16)23-14-24-22/h5-9,11,13-14H,4,10,12H2,1-3H3,(H,23,24,26)/b25-17-. The zero-order valence-corrected chi connectivity index (χ0v) is 17.2. The minimum Gasteiger partial charge on any atom is -0.493 e. The number of para-hydroxylation sites is 1. The summed E-state index contributed by atoms with van der Waals surface area (Å²) < 4.78 is 15.8. The lowest BCUT2D eigenvalue weighted by Gasteiger charge is -2.12. The molecule has 1 heterocycles. The summed E-state index contributed by atoms with van der Waals surface area (Å²) in [5.41, 5.74) is 5.28. The third-order valence-corrected chi connectivity index (χ3v) is 4.43. The molecule has 0 aliphatic carbocycles. The van der Waals surface area contributed by atoms with Crippen LogP contribution in [0, 0.1) is 0 Å². The van der Waals surface area contributed by atoms with E-state index in [2.05, 4.69) is 20.5 Å². The molecule has 0 fully saturated rings. The number of anilines is 1. The van der Waals surface area contributed by atoms with E-state index in [1.54, 1.807) is 27.2 Å². The number of hydrazone groups is 1. The van der Waals surface area contributed by atoms with Crippen molar-refractivity contribution in [1.29, 1.82) is 0 Å². The molecule has 30 heavy (non-hydrogen) atoms. The smallest absolute Gasteiger partial charge is 0.306 e. The summed E-state index contributed by atoms with van der Waals surface area (Å²) in [5.74, 6) is 1.49. The number of aromatic nitrogens is 2. The molecule has 0 aliphatic heterocycles. The minimum atomic E-state index is -0.279. The number of hydrogen-bond acceptors (Lipinski definition) is 8. The van der Waals surface area contributed by atoms with Crippen molar-refractivity contribution in [2.24, 2.45) is 5.10 Å². The highest BCUT2D eigenvalue weighted by atomic mass is 16.5. The van der Waals surface area contributed by atoms with Crippen LogP contribution in [-0.4, -0.2) is 42.5 Å². The Kier molecular flexibility index (Phi) is 7.15. The van der Waals surface area contributed by atoms with Gasteiger partial charge < -0.3 is 14.2 Å². The molecule has 0 unspecified atom stereocenters. The van der Waals surface area contributed by atoms with Gasteiger partial charge in [0.05, 0.1) is 38.5 Å². The second-order valence-electron chi connectivity index (χ2n) is 6.28. The summed E-state index contributed by atoms with van der Waals surface area (Å²) in [4.78, 5) is 20.4. The number of benzene rings is 2. The average Bonchev–Trinajstić information content (AvgIpc) is 2.79. The van der Waals surface area contributed by atoms with Gasteiger partial charge in [0.25, 0.3) is 0 Å². The number of nitrogens with zero attached hydrogens (tertiary/aromatic N) is 3. The Morgan fingerprint density at radius 3 is 2.60 bits per heavy atom. The Morgan fingerprint density at radius 1 is 1.03 bits per heavy atom. The largest absolute Gasteiger partial charge is 0.493 e. The van der Waals surface area contributed by atoms with Gasteiger partial charge in [-0.15, -0.1) is 0 Å². The Labute approximate surface area is 174 Å². The predicted octanol–water partition coefficient (Wildman–Crippen LogP) is 3.81. The summed E-state index contributed by atoms with van der Waals surface area (Å²) in [6, 6.07) is 13.1. The fraction of sp³-hybridized carbons (Fsp3) is 0.273. The molecule has 0 saturated heterocycles. The van der Waals surface area contributed by atoms with Crippen molar-refractivity contribution in [3.8, 4) is 11.5 Å². The highest BCUT2D eigenvalue weighted by Gasteiger charge is 2.13. The van der Waals surface area contributed by atoms with Crippen molar-refractivity contribution in [1.82, 2.24) is 9.97 Å². The van der Waals surface area contributed by atoms with Gasteiger partial charge in [-0.3, -0.25) is 10.2 Å². The molecule has 0 amide bonds. The number of carbonyl (C=O) groups is 1. The van der Waals surface area contributed by atoms with E-state index in [9.17, 15) is 4.79 Å². The fourth-order valence-electron chi connectivity index (χ4n) is 2.95. The first-order chi connectivity index (χ1) is 14.7. The lowest BCUT2D eigenvalue weighted by molar-refractivity contribution is -0.142. The van der Waals surface area contributed by atoms with Gasteiger partial charge in [0.2, 0.25) is 0 Å². The molecule has 0 saturated carbocycles. The summed E-state index contributed by atoms with van der Waals surface area (Å²) >= 11 is 0. The van der Waals surface area contributed by atoms with Crippen molar-refractivity contribution in [3.63, 3.8) is 0 Å². The van der Waals surface area contributed by atoms with E-state index in [1.165, 1.54) is 6.33 Å². The van der Waals surface area contributed by atoms with Crippen molar-refractivity contribution in [2.45, 2.75) is 19.8 Å². The summed E-state index contributed by atoms with van der Waals surface area (Å²) in [5, 5.41) is 5.40. The van der Waals surface area contributed by atoms with E-state index >= 15 is 0 Å². The third kappa shape index (κ3) is 5.02. The Bertz CT molecular complexity index is 1050. The number of rotatable bonds is 9. The SMILES string of the molecule is CCOC(=O)CC/C(=N/Nc1ncnc2ccccc12)c1ccc(OC)c(OC)c1. The second-order valence-corrected chi connectivity index (χ2v) is 6.28. The molecule has 1 N–H and O–H groups in total. The van der Waals surface area contributed by atoms with Crippen molar-refractivity contribution < 1.29 is 19.0 Å². The van der Waals surface area contributed by atoms with Crippen LogP contribution >= 0.6 is 0 Å². The van der Waals surface area contributed by atoms with Crippen LogP contribution in [0.3, 0.4) is 0 Å². The highest BCUT2D eigenvalue weighted by molar-refractivity contribution is 6.03. The van der Waals surface area contributed by atoms with Gasteiger partial charge in [-0.2, -0.15) is 5.10 Å². The molecular weight excluding hydrogens is 384 g/mol. The zero-order chi connectivity index (χ0) is 21.3. The molecule has 8 heteroatoms. The quantitative estimate of drug-likeness (QED) is 0.327. The molecule has 0 bridgehead atoms. The molecule has 3 aromatic rings. The minimum absolute atomic E-state index is 0.202. The number of fused-ring (bicyclic) bond motifs is 1. The average molecular weight is 408 g/mol. The van der Waals surface area contributed by atoms with E-state index in [0.29, 0.717) is 36.1 Å². The van der Waals surface area contributed by atoms with Crippen molar-refractivity contribution >= 4 is 28.4 Å². The van der Waals surface area contributed by atoms with Crippen molar-refractivity contribution in [2.75, 3.05) is 26.3 Å². The van der Waals surface area contributed by atoms with Crippen LogP contribution < -0.4 is 14.9 Å². The topological polar surface area (TPSA) is 94.9 Å². The van der Waals surface area contributed by atoms with Gasteiger partial charge in [0, 0.05) is 17.4 Å². The third-order valence-electron chi connectivity index (χ3n) is 4.43. The van der Waals surface area contributed by atoms with Gasteiger partial charge in [-0.25, -0.2) is 9.97 Å². The number of esters is 1. The maximum absolute atomic E-state index is 11.9. The van der Waals surface area contributed by atoms with Gasteiger partial charge in [0.15, 0.2) is 17.3 Å². The molecule has 156 valence electrons. The molecule has 3 rings (SSSR count). The van der Waals surface area contributed by atoms with Gasteiger partial charge in [-0.05, 0) is 37.3 Å². The van der Waals surface area contributed by atoms with Gasteiger partial charge in [0.1, 0.15) is 6.33 Å². The molecule has 2 aromatic carbocycles. The van der Waals surface area contributed by atoms with Gasteiger partial charge in [-0.1, -0.05) is 12.1 Å². The Hall–Kier alpha value is -3.68. The molecular formula is C22H24N4O4. The summed E-state index contributed by atoms with van der Waals surface area (Å²) in [7, 11) is 3.15. The Morgan fingerprint density at radius 2 is 1.83 bits per heavy atom. The molecule has 0 atom stereocenters. The van der Waals surface area contributed by atoms with Crippen LogP contribution in [0.25, 0.3) is 10.9 Å². The number of methoxy groups -OCH3 is 2. The number of ether oxygens (including phenoxy) is 3. The summed E-state index contributed by atoms with van der Waals surface area (Å²) in [6.07, 6.45) is 2.06. The monoisotopic (exact) mass is 408 g/mol.